The van der Waals surface area contributed by atoms with Crippen LogP contribution in [0, 0.1) is 5.92 Å². The number of fused-ring (bicyclic) bond motifs is 4. The summed E-state index contributed by atoms with van der Waals surface area (Å²) in [5.74, 6) is 0.116. The second-order valence-electron chi connectivity index (χ2n) is 8.95. The number of methoxy groups -OCH3 is 1. The largest absolute Gasteiger partial charge is 0.497 e. The van der Waals surface area contributed by atoms with Crippen LogP contribution in [0.15, 0.2) is 36.4 Å². The number of aromatic nitrogens is 1. The maximum atomic E-state index is 12.9. The van der Waals surface area contributed by atoms with Gasteiger partial charge in [-0.05, 0) is 54.3 Å². The summed E-state index contributed by atoms with van der Waals surface area (Å²) in [6.45, 7) is 4.28. The van der Waals surface area contributed by atoms with E-state index < -0.39 is 0 Å². The first kappa shape index (κ1) is 20.3. The fraction of sp³-hybridized carbons (Fsp3) is 0.320. The average molecular weight is 431 g/mol. The van der Waals surface area contributed by atoms with Gasteiger partial charge in [-0.15, -0.1) is 0 Å². The van der Waals surface area contributed by atoms with E-state index in [1.54, 1.807) is 25.3 Å². The number of ether oxygens (including phenoxy) is 1. The Morgan fingerprint density at radius 1 is 1.12 bits per heavy atom. The smallest absolute Gasteiger partial charge is 0.261 e. The van der Waals surface area contributed by atoms with Gasteiger partial charge in [-0.2, -0.15) is 0 Å². The molecule has 1 aliphatic heterocycles. The molecule has 7 heteroatoms. The molecule has 0 spiro atoms. The number of aromatic amines is 1. The summed E-state index contributed by atoms with van der Waals surface area (Å²) in [5, 5.41) is 4.20. The van der Waals surface area contributed by atoms with E-state index in [1.165, 1.54) is 10.5 Å². The van der Waals surface area contributed by atoms with Crippen LogP contribution in [0.2, 0.25) is 0 Å². The number of nitrogens with zero attached hydrogens (tertiary/aromatic N) is 1. The molecule has 1 atom stereocenters. The second kappa shape index (κ2) is 7.51. The SMILES string of the molecule is COc1ccc2[nH]c3c(c2c1)CC(NC(=O)c1ccc2c(c1)C(=O)N(CC(C)C)C2=O)C3. The second-order valence-corrected chi connectivity index (χ2v) is 8.95. The minimum absolute atomic E-state index is 0.0395. The summed E-state index contributed by atoms with van der Waals surface area (Å²) in [6, 6.07) is 10.7. The lowest BCUT2D eigenvalue weighted by molar-refractivity contribution is 0.0636. The van der Waals surface area contributed by atoms with Gasteiger partial charge in [-0.3, -0.25) is 19.3 Å². The molecule has 3 aromatic rings. The first-order chi connectivity index (χ1) is 15.4. The van der Waals surface area contributed by atoms with Crippen molar-refractivity contribution in [2.45, 2.75) is 32.7 Å². The van der Waals surface area contributed by atoms with Gasteiger partial charge < -0.3 is 15.0 Å². The summed E-state index contributed by atoms with van der Waals surface area (Å²) in [4.78, 5) is 42.9. The summed E-state index contributed by atoms with van der Waals surface area (Å²) in [7, 11) is 1.65. The molecule has 32 heavy (non-hydrogen) atoms. The Bertz CT molecular complexity index is 1270. The molecule has 7 nitrogen and oxygen atoms in total. The fourth-order valence-electron chi connectivity index (χ4n) is 4.72. The van der Waals surface area contributed by atoms with Crippen molar-refractivity contribution in [3.8, 4) is 5.75 Å². The number of nitrogens with one attached hydrogen (secondary N) is 2. The third-order valence-corrected chi connectivity index (χ3v) is 6.22. The van der Waals surface area contributed by atoms with Crippen molar-refractivity contribution in [2.75, 3.05) is 13.7 Å². The molecule has 2 heterocycles. The summed E-state index contributed by atoms with van der Waals surface area (Å²) >= 11 is 0. The Hall–Kier alpha value is -3.61. The number of carbonyl (C=O) groups is 3. The first-order valence-corrected chi connectivity index (χ1v) is 10.8. The van der Waals surface area contributed by atoms with Crippen LogP contribution in [0.25, 0.3) is 10.9 Å². The zero-order chi connectivity index (χ0) is 22.6. The quantitative estimate of drug-likeness (QED) is 0.606. The molecule has 2 aromatic carbocycles. The molecule has 5 rings (SSSR count). The summed E-state index contributed by atoms with van der Waals surface area (Å²) in [6.07, 6.45) is 1.43. The molecular weight excluding hydrogens is 406 g/mol. The Balaban J connectivity index is 1.33. The van der Waals surface area contributed by atoms with Gasteiger partial charge in [0.25, 0.3) is 17.7 Å². The van der Waals surface area contributed by atoms with Crippen molar-refractivity contribution in [3.63, 3.8) is 0 Å². The van der Waals surface area contributed by atoms with E-state index in [1.807, 2.05) is 32.0 Å². The molecule has 1 unspecified atom stereocenters. The number of rotatable bonds is 5. The number of amides is 3. The van der Waals surface area contributed by atoms with Gasteiger partial charge in [-0.25, -0.2) is 0 Å². The van der Waals surface area contributed by atoms with E-state index in [-0.39, 0.29) is 29.7 Å². The van der Waals surface area contributed by atoms with E-state index in [0.29, 0.717) is 29.7 Å². The predicted molar refractivity (Wildman–Crippen MR) is 120 cm³/mol. The lowest BCUT2D eigenvalue weighted by Crippen LogP contribution is -2.35. The number of benzene rings is 2. The van der Waals surface area contributed by atoms with Gasteiger partial charge in [0.1, 0.15) is 5.75 Å². The van der Waals surface area contributed by atoms with Crippen LogP contribution in [0.1, 0.15) is 56.2 Å². The highest BCUT2D eigenvalue weighted by Gasteiger charge is 2.36. The van der Waals surface area contributed by atoms with Gasteiger partial charge in [0.05, 0.1) is 18.2 Å². The van der Waals surface area contributed by atoms with Gasteiger partial charge in [0.15, 0.2) is 0 Å². The van der Waals surface area contributed by atoms with Crippen LogP contribution < -0.4 is 10.1 Å². The molecule has 3 amide bonds. The maximum absolute atomic E-state index is 12.9. The van der Waals surface area contributed by atoms with Crippen molar-refractivity contribution in [1.29, 1.82) is 0 Å². The Morgan fingerprint density at radius 3 is 2.66 bits per heavy atom. The molecule has 1 aromatic heterocycles. The standard InChI is InChI=1S/C25H25N3O4/c1-13(2)12-28-24(30)17-6-4-14(8-20(17)25(28)31)23(29)26-15-9-18-19-11-16(32-3)5-7-21(19)27-22(18)10-15/h4-8,11,13,15,27H,9-10,12H2,1-3H3,(H,26,29). The lowest BCUT2D eigenvalue weighted by Gasteiger charge is -2.15. The minimum Gasteiger partial charge on any atom is -0.497 e. The monoisotopic (exact) mass is 431 g/mol. The van der Waals surface area contributed by atoms with Crippen LogP contribution >= 0.6 is 0 Å². The molecule has 164 valence electrons. The Kier molecular flexibility index (Phi) is 4.77. The molecule has 0 fully saturated rings. The zero-order valence-electron chi connectivity index (χ0n) is 18.3. The topological polar surface area (TPSA) is 91.5 Å². The van der Waals surface area contributed by atoms with Crippen molar-refractivity contribution < 1.29 is 19.1 Å². The number of hydrogen-bond donors (Lipinski definition) is 2. The van der Waals surface area contributed by atoms with Crippen LogP contribution in [0.5, 0.6) is 5.75 Å². The maximum Gasteiger partial charge on any atom is 0.261 e. The molecule has 0 saturated heterocycles. The van der Waals surface area contributed by atoms with Gasteiger partial charge in [0, 0.05) is 41.2 Å². The zero-order valence-corrected chi connectivity index (χ0v) is 18.3. The third-order valence-electron chi connectivity index (χ3n) is 6.22. The fourth-order valence-corrected chi connectivity index (χ4v) is 4.72. The summed E-state index contributed by atoms with van der Waals surface area (Å²) in [5.41, 5.74) is 4.44. The Labute approximate surface area is 185 Å². The number of imide groups is 1. The van der Waals surface area contributed by atoms with E-state index in [4.69, 9.17) is 4.74 Å². The van der Waals surface area contributed by atoms with Gasteiger partial charge in [0.2, 0.25) is 0 Å². The molecule has 2 N–H and O–H groups in total. The molecule has 2 aliphatic rings. The number of carbonyl (C=O) groups excluding carboxylic acids is 3. The van der Waals surface area contributed by atoms with Crippen LogP contribution in [0.4, 0.5) is 0 Å². The van der Waals surface area contributed by atoms with Crippen molar-refractivity contribution in [3.05, 3.63) is 64.3 Å². The molecule has 0 bridgehead atoms. The van der Waals surface area contributed by atoms with Crippen LogP contribution in [-0.2, 0) is 12.8 Å². The number of H-pyrrole nitrogens is 1. The number of hydrogen-bond acceptors (Lipinski definition) is 4. The highest BCUT2D eigenvalue weighted by atomic mass is 16.5. The van der Waals surface area contributed by atoms with Crippen molar-refractivity contribution >= 4 is 28.6 Å². The van der Waals surface area contributed by atoms with E-state index in [2.05, 4.69) is 10.3 Å². The molecule has 1 aliphatic carbocycles. The van der Waals surface area contributed by atoms with Gasteiger partial charge in [-0.1, -0.05) is 13.8 Å². The Morgan fingerprint density at radius 2 is 1.91 bits per heavy atom. The van der Waals surface area contributed by atoms with Gasteiger partial charge >= 0.3 is 0 Å². The minimum atomic E-state index is -0.329. The van der Waals surface area contributed by atoms with E-state index in [0.717, 1.165) is 28.8 Å². The lowest BCUT2D eigenvalue weighted by atomic mass is 10.0. The normalized spacial score (nSPS) is 17.2. The highest BCUT2D eigenvalue weighted by molar-refractivity contribution is 6.22. The van der Waals surface area contributed by atoms with E-state index in [9.17, 15) is 14.4 Å². The third kappa shape index (κ3) is 3.25. The molecular formula is C25H25N3O4. The van der Waals surface area contributed by atoms with Crippen molar-refractivity contribution in [1.82, 2.24) is 15.2 Å². The van der Waals surface area contributed by atoms with Crippen LogP contribution in [0.3, 0.4) is 0 Å². The van der Waals surface area contributed by atoms with Crippen molar-refractivity contribution in [2.24, 2.45) is 5.92 Å². The molecule has 0 radical (unpaired) electrons. The first-order valence-electron chi connectivity index (χ1n) is 10.8. The predicted octanol–water partition coefficient (Wildman–Crippen LogP) is 3.33. The van der Waals surface area contributed by atoms with E-state index >= 15 is 0 Å². The molecule has 0 saturated carbocycles. The highest BCUT2D eigenvalue weighted by Crippen LogP contribution is 2.32. The average Bonchev–Trinajstić information content (AvgIpc) is 3.39. The van der Waals surface area contributed by atoms with Crippen LogP contribution in [-0.4, -0.2) is 47.3 Å². The summed E-state index contributed by atoms with van der Waals surface area (Å²) < 4.78 is 5.34.